The molecule has 3 aliphatic rings. The molecule has 8 nitrogen and oxygen atoms in total. The molecule has 1 saturated heterocycles. The van der Waals surface area contributed by atoms with Gasteiger partial charge < -0.3 is 18.9 Å². The molecule has 154 valence electrons. The number of hydrogen-bond acceptors (Lipinski definition) is 4. The average molecular weight is 396 g/mol. The van der Waals surface area contributed by atoms with Crippen LogP contribution in [0.1, 0.15) is 65.2 Å². The van der Waals surface area contributed by atoms with Gasteiger partial charge in [-0.3, -0.25) is 9.59 Å². The number of fused-ring (bicyclic) bond motifs is 2. The van der Waals surface area contributed by atoms with E-state index in [0.29, 0.717) is 31.0 Å². The molecule has 1 fully saturated rings. The molecule has 2 aromatic rings. The van der Waals surface area contributed by atoms with E-state index in [9.17, 15) is 9.59 Å². The van der Waals surface area contributed by atoms with E-state index in [-0.39, 0.29) is 17.9 Å². The van der Waals surface area contributed by atoms with Crippen molar-refractivity contribution >= 4 is 11.8 Å². The third kappa shape index (κ3) is 3.24. The first kappa shape index (κ1) is 18.4. The second-order valence-electron chi connectivity index (χ2n) is 8.34. The van der Waals surface area contributed by atoms with Crippen LogP contribution in [0.25, 0.3) is 0 Å². The van der Waals surface area contributed by atoms with E-state index in [0.717, 1.165) is 63.3 Å². The minimum atomic E-state index is -0.0241. The first-order chi connectivity index (χ1) is 14.1. The van der Waals surface area contributed by atoms with E-state index in [1.54, 1.807) is 4.90 Å². The Labute approximate surface area is 170 Å². The lowest BCUT2D eigenvalue weighted by molar-refractivity contribution is 0.0239. The zero-order chi connectivity index (χ0) is 20.0. The lowest BCUT2D eigenvalue weighted by atomic mass is 10.1. The molecule has 0 aliphatic carbocycles. The van der Waals surface area contributed by atoms with Crippen molar-refractivity contribution in [2.24, 2.45) is 0 Å². The number of likely N-dealkylation sites (tertiary alicyclic amines) is 1. The van der Waals surface area contributed by atoms with E-state index < -0.39 is 0 Å². The van der Waals surface area contributed by atoms with Crippen LogP contribution in [-0.2, 0) is 25.9 Å². The van der Waals surface area contributed by atoms with Gasteiger partial charge in [0.1, 0.15) is 23.0 Å². The van der Waals surface area contributed by atoms with Gasteiger partial charge in [0, 0.05) is 58.0 Å². The maximum Gasteiger partial charge on any atom is 0.274 e. The molecule has 0 atom stereocenters. The van der Waals surface area contributed by atoms with Crippen LogP contribution in [0.5, 0.6) is 0 Å². The van der Waals surface area contributed by atoms with Crippen molar-refractivity contribution in [3.63, 3.8) is 0 Å². The standard InChI is InChI=1S/C21H28N6O2/c1-2-27(21(29)17-14-25-10-6-4-8-19(25)23-17)15-11-26(12-15)20(28)16-13-24-9-5-3-7-18(24)22-16/h13-15H,2-12H2,1H3. The summed E-state index contributed by atoms with van der Waals surface area (Å²) in [5.74, 6) is 1.99. The van der Waals surface area contributed by atoms with Gasteiger partial charge in [-0.1, -0.05) is 0 Å². The molecule has 0 radical (unpaired) electrons. The summed E-state index contributed by atoms with van der Waals surface area (Å²) in [7, 11) is 0. The Bertz CT molecular complexity index is 892. The second kappa shape index (κ2) is 7.31. The van der Waals surface area contributed by atoms with Gasteiger partial charge in [0.05, 0.1) is 6.04 Å². The van der Waals surface area contributed by atoms with Crippen LogP contribution in [-0.4, -0.2) is 66.4 Å². The fourth-order valence-corrected chi connectivity index (χ4v) is 4.73. The van der Waals surface area contributed by atoms with E-state index in [4.69, 9.17) is 0 Å². The zero-order valence-corrected chi connectivity index (χ0v) is 17.0. The second-order valence-corrected chi connectivity index (χ2v) is 8.34. The summed E-state index contributed by atoms with van der Waals surface area (Å²) in [6.45, 7) is 5.63. The van der Waals surface area contributed by atoms with Gasteiger partial charge in [-0.15, -0.1) is 0 Å². The van der Waals surface area contributed by atoms with Gasteiger partial charge in [0.25, 0.3) is 11.8 Å². The van der Waals surface area contributed by atoms with Crippen LogP contribution in [0, 0.1) is 0 Å². The minimum Gasteiger partial charge on any atom is -0.334 e. The molecule has 2 aromatic heterocycles. The number of aromatic nitrogens is 4. The fourth-order valence-electron chi connectivity index (χ4n) is 4.73. The highest BCUT2D eigenvalue weighted by Gasteiger charge is 2.38. The van der Waals surface area contributed by atoms with Gasteiger partial charge in [-0.25, -0.2) is 9.97 Å². The van der Waals surface area contributed by atoms with Gasteiger partial charge in [0.2, 0.25) is 0 Å². The van der Waals surface area contributed by atoms with Crippen molar-refractivity contribution < 1.29 is 9.59 Å². The molecule has 8 heteroatoms. The van der Waals surface area contributed by atoms with Gasteiger partial charge >= 0.3 is 0 Å². The Kier molecular flexibility index (Phi) is 4.64. The summed E-state index contributed by atoms with van der Waals surface area (Å²) < 4.78 is 4.22. The van der Waals surface area contributed by atoms with Gasteiger partial charge in [0.15, 0.2) is 0 Å². The molecule has 29 heavy (non-hydrogen) atoms. The summed E-state index contributed by atoms with van der Waals surface area (Å²) in [5, 5.41) is 0. The number of amides is 2. The van der Waals surface area contributed by atoms with E-state index in [2.05, 4.69) is 19.1 Å². The van der Waals surface area contributed by atoms with E-state index in [1.165, 1.54) is 0 Å². The number of carbonyl (C=O) groups excluding carboxylic acids is 2. The highest BCUT2D eigenvalue weighted by Crippen LogP contribution is 2.22. The molecule has 0 spiro atoms. The molecule has 0 unspecified atom stereocenters. The fraction of sp³-hybridized carbons (Fsp3) is 0.619. The molecular weight excluding hydrogens is 368 g/mol. The van der Waals surface area contributed by atoms with Gasteiger partial charge in [-0.05, 0) is 32.6 Å². The predicted octanol–water partition coefficient (Wildman–Crippen LogP) is 1.74. The maximum atomic E-state index is 13.0. The van der Waals surface area contributed by atoms with Crippen LogP contribution in [0.3, 0.4) is 0 Å². The van der Waals surface area contributed by atoms with Crippen LogP contribution in [0.2, 0.25) is 0 Å². The Hall–Kier alpha value is -2.64. The number of rotatable bonds is 4. The molecule has 3 aliphatic heterocycles. The number of carbonyl (C=O) groups is 2. The summed E-state index contributed by atoms with van der Waals surface area (Å²) in [4.78, 5) is 38.6. The number of hydrogen-bond donors (Lipinski definition) is 0. The van der Waals surface area contributed by atoms with Crippen LogP contribution >= 0.6 is 0 Å². The molecule has 0 saturated carbocycles. The monoisotopic (exact) mass is 396 g/mol. The largest absolute Gasteiger partial charge is 0.334 e. The Morgan fingerprint density at radius 3 is 2.14 bits per heavy atom. The lowest BCUT2D eigenvalue weighted by Gasteiger charge is -2.44. The Morgan fingerprint density at radius 1 is 0.966 bits per heavy atom. The van der Waals surface area contributed by atoms with Crippen molar-refractivity contribution in [2.75, 3.05) is 19.6 Å². The van der Waals surface area contributed by atoms with Crippen LogP contribution in [0.15, 0.2) is 12.4 Å². The molecule has 5 heterocycles. The minimum absolute atomic E-state index is 0.0240. The van der Waals surface area contributed by atoms with Crippen molar-refractivity contribution in [1.29, 1.82) is 0 Å². The molecule has 2 amide bonds. The van der Waals surface area contributed by atoms with Crippen molar-refractivity contribution in [1.82, 2.24) is 28.9 Å². The Balaban J connectivity index is 1.24. The molecular formula is C21H28N6O2. The number of nitrogens with zero attached hydrogens (tertiary/aromatic N) is 6. The number of imidazole rings is 2. The Morgan fingerprint density at radius 2 is 1.55 bits per heavy atom. The van der Waals surface area contributed by atoms with Gasteiger partial charge in [-0.2, -0.15) is 0 Å². The normalized spacial score (nSPS) is 18.7. The van der Waals surface area contributed by atoms with Crippen LogP contribution in [0.4, 0.5) is 0 Å². The molecule has 5 rings (SSSR count). The average Bonchev–Trinajstić information content (AvgIpc) is 3.33. The number of aryl methyl sites for hydroxylation is 4. The lowest BCUT2D eigenvalue weighted by Crippen LogP contribution is -2.62. The van der Waals surface area contributed by atoms with Crippen molar-refractivity contribution in [2.45, 2.75) is 64.6 Å². The van der Waals surface area contributed by atoms with E-state index >= 15 is 0 Å². The summed E-state index contributed by atoms with van der Waals surface area (Å²) in [6, 6.07) is 0.0485. The third-order valence-electron chi connectivity index (χ3n) is 6.45. The quantitative estimate of drug-likeness (QED) is 0.789. The summed E-state index contributed by atoms with van der Waals surface area (Å²) in [5.41, 5.74) is 1.08. The zero-order valence-electron chi connectivity index (χ0n) is 17.0. The topological polar surface area (TPSA) is 76.3 Å². The molecule has 0 aromatic carbocycles. The van der Waals surface area contributed by atoms with Crippen molar-refractivity contribution in [3.05, 3.63) is 35.4 Å². The van der Waals surface area contributed by atoms with Crippen molar-refractivity contribution in [3.8, 4) is 0 Å². The first-order valence-electron chi connectivity index (χ1n) is 10.9. The highest BCUT2D eigenvalue weighted by molar-refractivity contribution is 5.94. The third-order valence-corrected chi connectivity index (χ3v) is 6.45. The summed E-state index contributed by atoms with van der Waals surface area (Å²) in [6.07, 6.45) is 10.3. The molecule has 0 bridgehead atoms. The SMILES string of the molecule is CCN(C(=O)c1cn2c(n1)CCCC2)C1CN(C(=O)c2cn3c(n2)CCCC3)C1. The predicted molar refractivity (Wildman–Crippen MR) is 107 cm³/mol. The van der Waals surface area contributed by atoms with E-state index in [1.807, 2.05) is 24.2 Å². The van der Waals surface area contributed by atoms with Crippen LogP contribution < -0.4 is 0 Å². The molecule has 0 N–H and O–H groups in total. The highest BCUT2D eigenvalue weighted by atomic mass is 16.2. The number of likely N-dealkylation sites (N-methyl/N-ethyl adjacent to an activating group) is 1. The smallest absolute Gasteiger partial charge is 0.274 e. The summed E-state index contributed by atoms with van der Waals surface area (Å²) >= 11 is 0. The first-order valence-corrected chi connectivity index (χ1v) is 10.9. The maximum absolute atomic E-state index is 13.0.